The van der Waals surface area contributed by atoms with Gasteiger partial charge in [-0.2, -0.15) is 18.7 Å². The first-order valence-electron chi connectivity index (χ1n) is 10.0. The number of anilines is 1. The zero-order valence-corrected chi connectivity index (χ0v) is 19.2. The number of amidine groups is 1. The van der Waals surface area contributed by atoms with Gasteiger partial charge in [-0.15, -0.1) is 0 Å². The van der Waals surface area contributed by atoms with Gasteiger partial charge in [0.2, 0.25) is 11.7 Å². The molecule has 10 nitrogen and oxygen atoms in total. The van der Waals surface area contributed by atoms with Crippen molar-refractivity contribution in [3.05, 3.63) is 34.2 Å². The van der Waals surface area contributed by atoms with Crippen LogP contribution in [-0.2, 0) is 14.4 Å². The molecule has 0 aliphatic carbocycles. The first-order chi connectivity index (χ1) is 16.1. The highest BCUT2D eigenvalue weighted by Crippen LogP contribution is 2.24. The van der Waals surface area contributed by atoms with E-state index in [0.29, 0.717) is 12.8 Å². The summed E-state index contributed by atoms with van der Waals surface area (Å²) in [6.45, 7) is 4.36. The van der Waals surface area contributed by atoms with Crippen molar-refractivity contribution in [2.24, 2.45) is 10.9 Å². The second kappa shape index (κ2) is 10.9. The predicted molar refractivity (Wildman–Crippen MR) is 113 cm³/mol. The molecule has 1 amide bonds. The van der Waals surface area contributed by atoms with Gasteiger partial charge in [-0.25, -0.2) is 18.8 Å². The van der Waals surface area contributed by atoms with Crippen LogP contribution in [0.5, 0.6) is 0 Å². The van der Waals surface area contributed by atoms with E-state index >= 15 is 0 Å². The average Bonchev–Trinajstić information content (AvgIpc) is 3.26. The number of carbonyl (C=O) groups excluding carboxylic acids is 2. The van der Waals surface area contributed by atoms with Crippen LogP contribution in [0.1, 0.15) is 25.5 Å². The van der Waals surface area contributed by atoms with Gasteiger partial charge >= 0.3 is 12.1 Å². The van der Waals surface area contributed by atoms with Crippen LogP contribution >= 0.6 is 15.9 Å². The van der Waals surface area contributed by atoms with Crippen molar-refractivity contribution >= 4 is 45.1 Å². The normalized spacial score (nSPS) is 15.8. The fraction of sp³-hybridized carbons (Fsp3) is 0.421. The molecule has 34 heavy (non-hydrogen) atoms. The van der Waals surface area contributed by atoms with Crippen molar-refractivity contribution < 1.29 is 36.6 Å². The molecule has 15 heteroatoms. The smallest absolute Gasteiger partial charge is 0.333 e. The Kier molecular flexibility index (Phi) is 8.19. The number of hydrogen-bond acceptors (Lipinski definition) is 8. The number of hydrogen-bond donors (Lipinski definition) is 2. The number of piperidine rings is 1. The van der Waals surface area contributed by atoms with Gasteiger partial charge in [-0.05, 0) is 76.9 Å². The molecule has 2 N–H and O–H groups in total. The molecular formula is C19H19BrF4N6O4. The number of rotatable bonds is 5. The van der Waals surface area contributed by atoms with Crippen LogP contribution in [0.2, 0.25) is 0 Å². The quantitative estimate of drug-likeness (QED) is 0.251. The summed E-state index contributed by atoms with van der Waals surface area (Å²) in [7, 11) is 0. The fourth-order valence-corrected chi connectivity index (χ4v) is 3.48. The summed E-state index contributed by atoms with van der Waals surface area (Å²) in [4.78, 5) is 34.1. The van der Waals surface area contributed by atoms with Gasteiger partial charge in [-0.3, -0.25) is 4.79 Å². The summed E-state index contributed by atoms with van der Waals surface area (Å²) >= 11 is 2.97. The van der Waals surface area contributed by atoms with Gasteiger partial charge in [0.1, 0.15) is 5.82 Å². The lowest BCUT2D eigenvalue weighted by Crippen LogP contribution is -2.38. The third-order valence-electron chi connectivity index (χ3n) is 4.98. The number of nitrogens with zero attached hydrogens (tertiary/aromatic N) is 4. The Morgan fingerprint density at radius 1 is 1.29 bits per heavy atom. The molecule has 0 bridgehead atoms. The number of hydroxylamine groups is 1. The Balaban J connectivity index is 1.84. The summed E-state index contributed by atoms with van der Waals surface area (Å²) < 4.78 is 55.9. The maximum atomic E-state index is 13.5. The molecule has 184 valence electrons. The Morgan fingerprint density at radius 2 is 2.00 bits per heavy atom. The van der Waals surface area contributed by atoms with Crippen molar-refractivity contribution in [2.75, 3.05) is 25.0 Å². The molecule has 1 fully saturated rings. The Morgan fingerprint density at radius 3 is 2.62 bits per heavy atom. The number of aromatic nitrogens is 2. The summed E-state index contributed by atoms with van der Waals surface area (Å²) in [5.41, 5.74) is 1.48. The van der Waals surface area contributed by atoms with Crippen LogP contribution in [-0.4, -0.2) is 58.7 Å². The van der Waals surface area contributed by atoms with Crippen molar-refractivity contribution in [1.29, 1.82) is 0 Å². The number of likely N-dealkylation sites (tertiary alicyclic amines) is 1. The summed E-state index contributed by atoms with van der Waals surface area (Å²) in [5, 5.41) is 9.65. The van der Waals surface area contributed by atoms with Crippen LogP contribution in [0.25, 0.3) is 0 Å². The van der Waals surface area contributed by atoms with Gasteiger partial charge in [0, 0.05) is 5.92 Å². The van der Waals surface area contributed by atoms with Crippen molar-refractivity contribution in [3.8, 4) is 0 Å². The molecule has 1 aromatic carbocycles. The molecule has 1 saturated heterocycles. The number of halogens is 5. The van der Waals surface area contributed by atoms with Crippen molar-refractivity contribution in [2.45, 2.75) is 25.9 Å². The van der Waals surface area contributed by atoms with E-state index in [2.05, 4.69) is 50.9 Å². The second-order valence-corrected chi connectivity index (χ2v) is 8.06. The number of amides is 1. The Bertz CT molecular complexity index is 1070. The highest BCUT2D eigenvalue weighted by Gasteiger charge is 2.42. The molecule has 1 aliphatic rings. The fourth-order valence-electron chi connectivity index (χ4n) is 3.12. The van der Waals surface area contributed by atoms with Crippen LogP contribution in [0.15, 0.2) is 32.3 Å². The lowest BCUT2D eigenvalue weighted by atomic mass is 9.96. The minimum atomic E-state index is -5.29. The molecular weight excluding hydrogens is 532 g/mol. The molecule has 0 radical (unpaired) electrons. The zero-order chi connectivity index (χ0) is 24.9. The monoisotopic (exact) mass is 550 g/mol. The van der Waals surface area contributed by atoms with E-state index in [-0.39, 0.29) is 33.5 Å². The number of nitrogens with one attached hydrogen (secondary N) is 2. The van der Waals surface area contributed by atoms with E-state index < -0.39 is 23.8 Å². The topological polar surface area (TPSA) is 122 Å². The van der Waals surface area contributed by atoms with Crippen LogP contribution in [0.3, 0.4) is 0 Å². The summed E-state index contributed by atoms with van der Waals surface area (Å²) in [6, 6.07) is 3.48. The Hall–Kier alpha value is -3.07. The second-order valence-electron chi connectivity index (χ2n) is 7.21. The third kappa shape index (κ3) is 6.50. The van der Waals surface area contributed by atoms with Crippen LogP contribution in [0.4, 0.5) is 29.1 Å². The number of alkyl halides is 3. The molecule has 0 spiro atoms. The van der Waals surface area contributed by atoms with Crippen molar-refractivity contribution in [3.63, 3.8) is 0 Å². The first-order valence-corrected chi connectivity index (χ1v) is 10.8. The zero-order valence-electron chi connectivity index (χ0n) is 17.7. The number of carbonyl (C=O) groups is 2. The standard InChI is InChI=1S/C19H19BrF4N6O4/c1-2-30-7-5-10(6-8-30)17(31)26-16-14(27-34-29-16)15(28-33-18(32)19(22,23)24)25-11-3-4-13(21)12(20)9-11/h3-4,9-10H,2,5-8H2,1H3,(H,25,28)(H,26,29,31). The largest absolute Gasteiger partial charge is 0.493 e. The lowest BCUT2D eigenvalue weighted by molar-refractivity contribution is -0.203. The van der Waals surface area contributed by atoms with Crippen LogP contribution < -0.4 is 10.8 Å². The minimum Gasteiger partial charge on any atom is -0.333 e. The molecule has 0 saturated carbocycles. The first kappa shape index (κ1) is 25.6. The molecule has 0 unspecified atom stereocenters. The SMILES string of the molecule is CCN1CCC(C(=O)Nc2nonc2C(=Nc2ccc(F)c(Br)c2)NOC(=O)C(F)(F)F)CC1. The van der Waals surface area contributed by atoms with E-state index in [1.807, 2.05) is 6.92 Å². The number of benzene rings is 1. The van der Waals surface area contributed by atoms with Crippen LogP contribution in [0, 0.1) is 11.7 Å². The maximum absolute atomic E-state index is 13.5. The van der Waals surface area contributed by atoms with Gasteiger partial charge in [0.15, 0.2) is 11.5 Å². The van der Waals surface area contributed by atoms with Gasteiger partial charge < -0.3 is 15.1 Å². The highest BCUT2D eigenvalue weighted by atomic mass is 79.9. The number of aliphatic imine (C=N–C) groups is 1. The molecule has 0 atom stereocenters. The maximum Gasteiger partial charge on any atom is 0.493 e. The van der Waals surface area contributed by atoms with Gasteiger partial charge in [0.25, 0.3) is 0 Å². The van der Waals surface area contributed by atoms with E-state index in [4.69, 9.17) is 0 Å². The highest BCUT2D eigenvalue weighted by molar-refractivity contribution is 9.10. The summed E-state index contributed by atoms with van der Waals surface area (Å²) in [5.74, 6) is -4.67. The van der Waals surface area contributed by atoms with E-state index in [0.717, 1.165) is 25.7 Å². The Labute approximate surface area is 198 Å². The molecule has 1 aliphatic heterocycles. The molecule has 1 aromatic heterocycles. The van der Waals surface area contributed by atoms with E-state index in [1.165, 1.54) is 12.1 Å². The van der Waals surface area contributed by atoms with Gasteiger partial charge in [0.05, 0.1) is 10.2 Å². The molecule has 3 rings (SSSR count). The molecule has 2 aromatic rings. The summed E-state index contributed by atoms with van der Waals surface area (Å²) in [6.07, 6.45) is -4.08. The minimum absolute atomic E-state index is 0.0191. The van der Waals surface area contributed by atoms with Crippen molar-refractivity contribution in [1.82, 2.24) is 20.7 Å². The predicted octanol–water partition coefficient (Wildman–Crippen LogP) is 3.33. The molecule has 2 heterocycles. The van der Waals surface area contributed by atoms with Gasteiger partial charge in [-0.1, -0.05) is 6.92 Å². The third-order valence-corrected chi connectivity index (χ3v) is 5.58. The van der Waals surface area contributed by atoms with E-state index in [1.54, 1.807) is 5.48 Å². The average molecular weight is 551 g/mol. The lowest BCUT2D eigenvalue weighted by Gasteiger charge is -2.29. The van der Waals surface area contributed by atoms with E-state index in [9.17, 15) is 27.2 Å².